The minimum atomic E-state index is -0.650. The summed E-state index contributed by atoms with van der Waals surface area (Å²) in [5, 5.41) is 2.56. The Kier molecular flexibility index (Phi) is 6.41. The Morgan fingerprint density at radius 2 is 1.62 bits per heavy atom. The summed E-state index contributed by atoms with van der Waals surface area (Å²) in [6.45, 7) is 0.961. The van der Waals surface area contributed by atoms with Crippen molar-refractivity contribution < 1.29 is 28.7 Å². The minimum absolute atomic E-state index is 0.0162. The number of ether oxygens (including phenoxy) is 1. The van der Waals surface area contributed by atoms with E-state index in [1.807, 2.05) is 0 Å². The first-order chi connectivity index (χ1) is 13.9. The Morgan fingerprint density at radius 3 is 2.17 bits per heavy atom. The molecule has 2 atom stereocenters. The lowest BCUT2D eigenvalue weighted by atomic mass is 9.81. The predicted molar refractivity (Wildman–Crippen MR) is 103 cm³/mol. The molecule has 8 nitrogen and oxygen atoms in total. The number of nitrogens with one attached hydrogen (secondary N) is 1. The number of hydrogen-bond donors (Lipinski definition) is 1. The molecule has 3 rings (SSSR count). The van der Waals surface area contributed by atoms with Crippen LogP contribution in [-0.2, 0) is 23.9 Å². The van der Waals surface area contributed by atoms with Gasteiger partial charge in [0.2, 0.25) is 11.8 Å². The van der Waals surface area contributed by atoms with E-state index in [2.05, 4.69) is 5.32 Å². The van der Waals surface area contributed by atoms with Gasteiger partial charge in [-0.25, -0.2) is 0 Å². The normalized spacial score (nSPS) is 20.9. The third kappa shape index (κ3) is 4.88. The second-order valence-electron chi connectivity index (χ2n) is 7.42. The van der Waals surface area contributed by atoms with Gasteiger partial charge in [0.25, 0.3) is 5.91 Å². The number of fused-ring (bicyclic) bond motifs is 1. The molecule has 1 aromatic rings. The number of esters is 1. The molecule has 1 aliphatic carbocycles. The highest BCUT2D eigenvalue weighted by Crippen LogP contribution is 2.37. The zero-order valence-electron chi connectivity index (χ0n) is 16.3. The van der Waals surface area contributed by atoms with Crippen molar-refractivity contribution in [3.63, 3.8) is 0 Å². The van der Waals surface area contributed by atoms with E-state index in [4.69, 9.17) is 4.74 Å². The quantitative estimate of drug-likeness (QED) is 0.425. The second kappa shape index (κ2) is 8.98. The Hall–Kier alpha value is -3.03. The van der Waals surface area contributed by atoms with Gasteiger partial charge in [-0.05, 0) is 44.0 Å². The summed E-state index contributed by atoms with van der Waals surface area (Å²) in [7, 11) is 0. The van der Waals surface area contributed by atoms with E-state index in [0.29, 0.717) is 11.3 Å². The molecule has 0 spiro atoms. The van der Waals surface area contributed by atoms with Crippen LogP contribution < -0.4 is 5.32 Å². The molecule has 2 aliphatic rings. The molecular formula is C21H24N2O6. The van der Waals surface area contributed by atoms with Crippen LogP contribution in [0.25, 0.3) is 0 Å². The van der Waals surface area contributed by atoms with E-state index in [9.17, 15) is 24.0 Å². The number of amides is 3. The number of carbonyl (C=O) groups excluding carboxylic acids is 5. The van der Waals surface area contributed by atoms with Gasteiger partial charge in [0.05, 0.1) is 18.3 Å². The summed E-state index contributed by atoms with van der Waals surface area (Å²) in [4.78, 5) is 60.9. The van der Waals surface area contributed by atoms with Crippen molar-refractivity contribution in [3.05, 3.63) is 29.8 Å². The number of anilines is 1. The molecule has 154 valence electrons. The van der Waals surface area contributed by atoms with Crippen molar-refractivity contribution in [2.45, 2.75) is 39.0 Å². The maximum atomic E-state index is 12.4. The Morgan fingerprint density at radius 1 is 1.03 bits per heavy atom. The Balaban J connectivity index is 1.41. The molecular weight excluding hydrogens is 376 g/mol. The zero-order valence-corrected chi connectivity index (χ0v) is 16.3. The molecule has 1 aromatic carbocycles. The third-order valence-corrected chi connectivity index (χ3v) is 5.41. The number of nitrogens with zero attached hydrogens (tertiary/aromatic N) is 1. The second-order valence-corrected chi connectivity index (χ2v) is 7.42. The first-order valence-corrected chi connectivity index (χ1v) is 9.78. The van der Waals surface area contributed by atoms with Gasteiger partial charge in [-0.2, -0.15) is 0 Å². The lowest BCUT2D eigenvalue weighted by molar-refractivity contribution is -0.148. The zero-order chi connectivity index (χ0) is 21.0. The van der Waals surface area contributed by atoms with E-state index in [0.717, 1.165) is 25.7 Å². The van der Waals surface area contributed by atoms with E-state index < -0.39 is 18.5 Å². The van der Waals surface area contributed by atoms with Gasteiger partial charge in [-0.1, -0.05) is 12.8 Å². The molecule has 0 aromatic heterocycles. The molecule has 1 heterocycles. The highest BCUT2D eigenvalue weighted by Gasteiger charge is 2.47. The summed E-state index contributed by atoms with van der Waals surface area (Å²) >= 11 is 0. The largest absolute Gasteiger partial charge is 0.456 e. The molecule has 1 N–H and O–H groups in total. The van der Waals surface area contributed by atoms with Gasteiger partial charge in [0.1, 0.15) is 0 Å². The number of hydrogen-bond acceptors (Lipinski definition) is 6. The molecule has 1 saturated heterocycles. The van der Waals surface area contributed by atoms with Crippen LogP contribution in [0.4, 0.5) is 5.69 Å². The third-order valence-electron chi connectivity index (χ3n) is 5.41. The topological polar surface area (TPSA) is 110 Å². The van der Waals surface area contributed by atoms with Crippen LogP contribution >= 0.6 is 0 Å². The number of carbonyl (C=O) groups is 5. The smallest absolute Gasteiger partial charge is 0.308 e. The van der Waals surface area contributed by atoms with Gasteiger partial charge >= 0.3 is 5.97 Å². The van der Waals surface area contributed by atoms with Gasteiger partial charge < -0.3 is 10.1 Å². The monoisotopic (exact) mass is 400 g/mol. The molecule has 0 bridgehead atoms. The van der Waals surface area contributed by atoms with Crippen molar-refractivity contribution >= 4 is 35.2 Å². The van der Waals surface area contributed by atoms with Crippen molar-refractivity contribution in [1.29, 1.82) is 0 Å². The number of rotatable bonds is 7. The first kappa shape index (κ1) is 20.7. The van der Waals surface area contributed by atoms with E-state index in [-0.39, 0.29) is 42.4 Å². The van der Waals surface area contributed by atoms with Gasteiger partial charge in [-0.3, -0.25) is 28.9 Å². The van der Waals surface area contributed by atoms with Crippen LogP contribution in [0.15, 0.2) is 24.3 Å². The van der Waals surface area contributed by atoms with Gasteiger partial charge in [0.15, 0.2) is 12.4 Å². The molecule has 1 saturated carbocycles. The van der Waals surface area contributed by atoms with E-state index >= 15 is 0 Å². The summed E-state index contributed by atoms with van der Waals surface area (Å²) in [6.07, 6.45) is 3.20. The van der Waals surface area contributed by atoms with Crippen LogP contribution in [0.3, 0.4) is 0 Å². The predicted octanol–water partition coefficient (Wildman–Crippen LogP) is 1.94. The fourth-order valence-corrected chi connectivity index (χ4v) is 3.86. The maximum absolute atomic E-state index is 12.4. The molecule has 8 heteroatoms. The fourth-order valence-electron chi connectivity index (χ4n) is 3.86. The van der Waals surface area contributed by atoms with E-state index in [1.165, 1.54) is 11.8 Å². The van der Waals surface area contributed by atoms with Gasteiger partial charge in [0, 0.05) is 17.8 Å². The number of Topliss-reactive ketones (excluding diaryl/α,β-unsaturated/α-hetero) is 1. The number of benzene rings is 1. The molecule has 2 fully saturated rings. The van der Waals surface area contributed by atoms with Crippen molar-refractivity contribution in [1.82, 2.24) is 4.90 Å². The molecule has 0 radical (unpaired) electrons. The van der Waals surface area contributed by atoms with Crippen molar-refractivity contribution in [2.75, 3.05) is 18.5 Å². The minimum Gasteiger partial charge on any atom is -0.456 e. The number of imide groups is 1. The van der Waals surface area contributed by atoms with Crippen LogP contribution in [0, 0.1) is 11.8 Å². The van der Waals surface area contributed by atoms with Crippen LogP contribution in [0.1, 0.15) is 49.4 Å². The van der Waals surface area contributed by atoms with E-state index in [1.54, 1.807) is 24.3 Å². The number of ketones is 1. The van der Waals surface area contributed by atoms with Crippen molar-refractivity contribution in [3.8, 4) is 0 Å². The number of likely N-dealkylation sites (tertiary alicyclic amines) is 1. The summed E-state index contributed by atoms with van der Waals surface area (Å²) in [5.41, 5.74) is 1.01. The molecule has 3 amide bonds. The summed E-state index contributed by atoms with van der Waals surface area (Å²) in [5.74, 6) is -2.12. The Bertz CT molecular complexity index is 808. The molecule has 29 heavy (non-hydrogen) atoms. The van der Waals surface area contributed by atoms with Crippen LogP contribution in [0.5, 0.6) is 0 Å². The van der Waals surface area contributed by atoms with Crippen LogP contribution in [-0.4, -0.2) is 47.5 Å². The highest BCUT2D eigenvalue weighted by atomic mass is 16.5. The standard InChI is InChI=1S/C21H24N2O6/c1-13(24)14-6-8-15(9-7-14)22-18(25)12-29-19(26)10-11-23-20(27)16-4-2-3-5-17(16)21(23)28/h6-9,16-17H,2-5,10-12H2,1H3,(H,22,25)/t16-,17-/m1/s1. The maximum Gasteiger partial charge on any atom is 0.308 e. The lowest BCUT2D eigenvalue weighted by Gasteiger charge is -2.19. The SMILES string of the molecule is CC(=O)c1ccc(NC(=O)COC(=O)CCN2C(=O)[C@@H]3CCCC[C@H]3C2=O)cc1. The summed E-state index contributed by atoms with van der Waals surface area (Å²) < 4.78 is 4.93. The molecule has 1 aliphatic heterocycles. The summed E-state index contributed by atoms with van der Waals surface area (Å²) in [6, 6.07) is 6.35. The van der Waals surface area contributed by atoms with Gasteiger partial charge in [-0.15, -0.1) is 0 Å². The lowest BCUT2D eigenvalue weighted by Crippen LogP contribution is -2.33. The average molecular weight is 400 g/mol. The fraction of sp³-hybridized carbons (Fsp3) is 0.476. The Labute approximate surface area is 168 Å². The first-order valence-electron chi connectivity index (χ1n) is 9.78. The average Bonchev–Trinajstić information content (AvgIpc) is 2.95. The van der Waals surface area contributed by atoms with Crippen molar-refractivity contribution in [2.24, 2.45) is 11.8 Å². The highest BCUT2D eigenvalue weighted by molar-refractivity contribution is 6.05. The molecule has 0 unspecified atom stereocenters. The van der Waals surface area contributed by atoms with Crippen LogP contribution in [0.2, 0.25) is 0 Å².